The van der Waals surface area contributed by atoms with Gasteiger partial charge in [-0.2, -0.15) is 0 Å². The fourth-order valence-corrected chi connectivity index (χ4v) is 5.17. The quantitative estimate of drug-likeness (QED) is 0.488. The van der Waals surface area contributed by atoms with Gasteiger partial charge in [-0.15, -0.1) is 15.3 Å². The smallest absolute Gasteiger partial charge is 0.175 e. The monoisotopic (exact) mass is 432 g/mol. The van der Waals surface area contributed by atoms with E-state index in [4.69, 9.17) is 14.7 Å². The van der Waals surface area contributed by atoms with E-state index in [9.17, 15) is 0 Å². The third-order valence-corrected chi connectivity index (χ3v) is 6.85. The second-order valence-electron chi connectivity index (χ2n) is 7.71. The maximum Gasteiger partial charge on any atom is 0.175 e. The predicted molar refractivity (Wildman–Crippen MR) is 116 cm³/mol. The molecular weight excluding hydrogens is 412 g/mol. The van der Waals surface area contributed by atoms with Gasteiger partial charge in [-0.25, -0.2) is 9.97 Å². The van der Waals surface area contributed by atoms with E-state index in [1.807, 2.05) is 43.5 Å². The lowest BCUT2D eigenvalue weighted by molar-refractivity contribution is 0.0390. The zero-order chi connectivity index (χ0) is 21.0. The molecule has 1 saturated heterocycles. The number of morpholine rings is 1. The summed E-state index contributed by atoms with van der Waals surface area (Å²) in [5, 5.41) is 13.2. The molecule has 4 aromatic rings. The Kier molecular flexibility index (Phi) is 4.12. The zero-order valence-electron chi connectivity index (χ0n) is 17.2. The van der Waals surface area contributed by atoms with Crippen molar-refractivity contribution in [1.29, 1.82) is 0 Å². The first-order valence-electron chi connectivity index (χ1n) is 10.3. The van der Waals surface area contributed by atoms with E-state index in [1.54, 1.807) is 0 Å². The Bertz CT molecular complexity index is 1270. The number of hydrogen-bond donors (Lipinski definition) is 0. The Morgan fingerprint density at radius 3 is 2.87 bits per heavy atom. The number of ether oxygens (including phenoxy) is 1. The molecule has 1 atom stereocenters. The lowest BCUT2D eigenvalue weighted by Gasteiger charge is -2.49. The molecule has 6 rings (SSSR count). The molecule has 0 saturated carbocycles. The fraction of sp³-hybridized carbons (Fsp3) is 0.333. The molecule has 0 aliphatic carbocycles. The van der Waals surface area contributed by atoms with E-state index in [0.717, 1.165) is 52.3 Å². The molecule has 0 amide bonds. The number of fused-ring (bicyclic) bond motifs is 6. The molecule has 31 heavy (non-hydrogen) atoms. The SMILES string of the molecule is CC[C@]12COCCN1c1nc(-c3snnc3-c3ccccc3)ncc1-n1c(C)nnc12. The van der Waals surface area contributed by atoms with E-state index >= 15 is 0 Å². The van der Waals surface area contributed by atoms with E-state index in [2.05, 4.69) is 36.2 Å². The van der Waals surface area contributed by atoms with Crippen molar-refractivity contribution in [3.8, 4) is 27.6 Å². The normalized spacial score (nSPS) is 19.6. The van der Waals surface area contributed by atoms with Crippen molar-refractivity contribution >= 4 is 17.4 Å². The van der Waals surface area contributed by atoms with Crippen molar-refractivity contribution in [3.63, 3.8) is 0 Å². The molecule has 10 heteroatoms. The summed E-state index contributed by atoms with van der Waals surface area (Å²) in [6.07, 6.45) is 2.70. The van der Waals surface area contributed by atoms with Gasteiger partial charge in [-0.05, 0) is 24.9 Å². The van der Waals surface area contributed by atoms with E-state index in [-0.39, 0.29) is 0 Å². The summed E-state index contributed by atoms with van der Waals surface area (Å²) in [4.78, 5) is 12.9. The average molecular weight is 433 g/mol. The molecule has 0 radical (unpaired) electrons. The largest absolute Gasteiger partial charge is 0.377 e. The maximum atomic E-state index is 5.91. The van der Waals surface area contributed by atoms with Gasteiger partial charge in [0.05, 0.1) is 19.4 Å². The summed E-state index contributed by atoms with van der Waals surface area (Å²) in [5.74, 6) is 3.20. The molecule has 1 fully saturated rings. The highest BCUT2D eigenvalue weighted by Crippen LogP contribution is 2.45. The number of rotatable bonds is 3. The number of aryl methyl sites for hydroxylation is 1. The van der Waals surface area contributed by atoms with Crippen molar-refractivity contribution in [2.45, 2.75) is 25.8 Å². The van der Waals surface area contributed by atoms with Gasteiger partial charge < -0.3 is 9.64 Å². The van der Waals surface area contributed by atoms with E-state index < -0.39 is 5.54 Å². The number of aromatic nitrogens is 7. The van der Waals surface area contributed by atoms with Gasteiger partial charge in [-0.1, -0.05) is 41.7 Å². The van der Waals surface area contributed by atoms with E-state index in [0.29, 0.717) is 19.0 Å². The van der Waals surface area contributed by atoms with Gasteiger partial charge >= 0.3 is 0 Å². The minimum absolute atomic E-state index is 0.396. The molecule has 1 aromatic carbocycles. The van der Waals surface area contributed by atoms with Crippen molar-refractivity contribution in [2.75, 3.05) is 24.7 Å². The topological polar surface area (TPSA) is 94.7 Å². The number of benzene rings is 1. The van der Waals surface area contributed by atoms with E-state index in [1.165, 1.54) is 11.5 Å². The first-order chi connectivity index (χ1) is 15.2. The summed E-state index contributed by atoms with van der Waals surface area (Å²) in [6, 6.07) is 10.0. The minimum atomic E-state index is -0.396. The number of anilines is 1. The van der Waals surface area contributed by atoms with Crippen molar-refractivity contribution in [1.82, 2.24) is 34.3 Å². The highest BCUT2D eigenvalue weighted by Gasteiger charge is 2.49. The Labute approximate surface area is 182 Å². The van der Waals surface area contributed by atoms with Crippen molar-refractivity contribution in [3.05, 3.63) is 48.2 Å². The van der Waals surface area contributed by atoms with Gasteiger partial charge in [0, 0.05) is 12.1 Å². The molecule has 3 aromatic heterocycles. The Balaban J connectivity index is 1.55. The van der Waals surface area contributed by atoms with Crippen molar-refractivity contribution < 1.29 is 4.74 Å². The lowest BCUT2D eigenvalue weighted by Crippen LogP contribution is -2.58. The standard InChI is InChI=1S/C21H20N8OS/c1-3-21-12-30-10-9-28(21)19-15(29-13(2)24-26-20(21)29)11-22-18(23-19)17-16(25-27-31-17)14-7-5-4-6-8-14/h4-8,11H,3,9-10,12H2,1-2H3/t21-/m1/s1. The van der Waals surface area contributed by atoms with Gasteiger partial charge in [0.2, 0.25) is 0 Å². The third-order valence-electron chi connectivity index (χ3n) is 6.13. The molecule has 0 N–H and O–H groups in total. The minimum Gasteiger partial charge on any atom is -0.377 e. The number of hydrogen-bond acceptors (Lipinski definition) is 9. The highest BCUT2D eigenvalue weighted by atomic mass is 32.1. The Hall–Kier alpha value is -3.24. The summed E-state index contributed by atoms with van der Waals surface area (Å²) >= 11 is 1.31. The van der Waals surface area contributed by atoms with Gasteiger partial charge in [-0.3, -0.25) is 4.57 Å². The van der Waals surface area contributed by atoms with Crippen LogP contribution in [-0.4, -0.2) is 54.1 Å². The van der Waals surface area contributed by atoms with Crippen LogP contribution in [0.15, 0.2) is 36.5 Å². The van der Waals surface area contributed by atoms with Gasteiger partial charge in [0.1, 0.15) is 27.6 Å². The van der Waals surface area contributed by atoms with Crippen LogP contribution in [0, 0.1) is 6.92 Å². The molecule has 0 unspecified atom stereocenters. The van der Waals surface area contributed by atoms with Gasteiger partial charge in [0.25, 0.3) is 0 Å². The predicted octanol–water partition coefficient (Wildman–Crippen LogP) is 3.01. The van der Waals surface area contributed by atoms with Crippen LogP contribution in [0.25, 0.3) is 27.6 Å². The molecular formula is C21H20N8OS. The molecule has 2 aliphatic heterocycles. The second-order valence-corrected chi connectivity index (χ2v) is 8.47. The summed E-state index contributed by atoms with van der Waals surface area (Å²) in [7, 11) is 0. The van der Waals surface area contributed by atoms with Crippen LogP contribution in [0.1, 0.15) is 25.0 Å². The van der Waals surface area contributed by atoms with Crippen LogP contribution in [0.2, 0.25) is 0 Å². The third kappa shape index (κ3) is 2.58. The summed E-state index contributed by atoms with van der Waals surface area (Å²) < 4.78 is 12.2. The molecule has 2 aliphatic rings. The Morgan fingerprint density at radius 1 is 1.16 bits per heavy atom. The maximum absolute atomic E-state index is 5.91. The van der Waals surface area contributed by atoms with Gasteiger partial charge in [0.15, 0.2) is 17.5 Å². The van der Waals surface area contributed by atoms with Crippen LogP contribution < -0.4 is 4.90 Å². The van der Waals surface area contributed by atoms with Crippen LogP contribution in [0.4, 0.5) is 5.82 Å². The first-order valence-corrected chi connectivity index (χ1v) is 11.0. The molecule has 0 bridgehead atoms. The van der Waals surface area contributed by atoms with Crippen LogP contribution >= 0.6 is 11.5 Å². The number of nitrogens with zero attached hydrogens (tertiary/aromatic N) is 8. The Morgan fingerprint density at radius 2 is 2.03 bits per heavy atom. The van der Waals surface area contributed by atoms with Crippen LogP contribution in [0.5, 0.6) is 0 Å². The average Bonchev–Trinajstić information content (AvgIpc) is 3.47. The highest BCUT2D eigenvalue weighted by molar-refractivity contribution is 7.09. The molecule has 0 spiro atoms. The molecule has 156 valence electrons. The second kappa shape index (κ2) is 6.89. The molecule has 5 heterocycles. The van der Waals surface area contributed by atoms with Crippen LogP contribution in [-0.2, 0) is 10.3 Å². The first kappa shape index (κ1) is 18.5. The zero-order valence-corrected chi connectivity index (χ0v) is 18.0. The fourth-order valence-electron chi connectivity index (χ4n) is 4.54. The summed E-state index contributed by atoms with van der Waals surface area (Å²) in [5.41, 5.74) is 2.29. The van der Waals surface area contributed by atoms with Crippen LogP contribution in [0.3, 0.4) is 0 Å². The summed E-state index contributed by atoms with van der Waals surface area (Å²) in [6.45, 7) is 6.04. The van der Waals surface area contributed by atoms with Crippen molar-refractivity contribution in [2.24, 2.45) is 0 Å². The lowest BCUT2D eigenvalue weighted by atomic mass is 9.90. The molecule has 9 nitrogen and oxygen atoms in total.